The Hall–Kier alpha value is -1.32. The lowest BCUT2D eigenvalue weighted by Crippen LogP contribution is -2.56. The summed E-state index contributed by atoms with van der Waals surface area (Å²) in [6.45, 7) is 1.97. The molecule has 5 atom stereocenters. The van der Waals surface area contributed by atoms with Crippen LogP contribution in [0.25, 0.3) is 0 Å². The first-order valence-electron chi connectivity index (χ1n) is 10.3. The van der Waals surface area contributed by atoms with Crippen molar-refractivity contribution in [3.05, 3.63) is 0 Å². The van der Waals surface area contributed by atoms with Crippen LogP contribution >= 0.6 is 12.4 Å². The fourth-order valence-corrected chi connectivity index (χ4v) is 7.15. The molecule has 1 N–H and O–H groups in total. The van der Waals surface area contributed by atoms with Crippen LogP contribution in [0, 0.1) is 23.2 Å². The lowest BCUT2D eigenvalue weighted by Gasteiger charge is -2.47. The largest absolute Gasteiger partial charge is 0.337 e. The number of carbonyl (C=O) groups excluding carboxylic acids is 2. The number of rotatable bonds is 4. The highest BCUT2D eigenvalue weighted by atomic mass is 35.5. The van der Waals surface area contributed by atoms with Crippen LogP contribution in [-0.2, 0) is 9.59 Å². The molecule has 2 heterocycles. The summed E-state index contributed by atoms with van der Waals surface area (Å²) in [7, 11) is 0. The fourth-order valence-electron chi connectivity index (χ4n) is 7.15. The van der Waals surface area contributed by atoms with E-state index in [-0.39, 0.29) is 35.4 Å². The third kappa shape index (κ3) is 2.77. The van der Waals surface area contributed by atoms with Gasteiger partial charge >= 0.3 is 0 Å². The lowest BCUT2D eigenvalue weighted by molar-refractivity contribution is -0.135. The van der Waals surface area contributed by atoms with E-state index in [0.717, 1.165) is 51.5 Å². The zero-order valence-corrected chi connectivity index (χ0v) is 16.6. The normalized spacial score (nSPS) is 41.9. The van der Waals surface area contributed by atoms with Gasteiger partial charge in [0.1, 0.15) is 6.04 Å². The first-order valence-corrected chi connectivity index (χ1v) is 10.3. The van der Waals surface area contributed by atoms with Crippen LogP contribution in [-0.4, -0.2) is 58.4 Å². The predicted octanol–water partition coefficient (Wildman–Crippen LogP) is 1.84. The Labute approximate surface area is 167 Å². The molecule has 6 aliphatic rings. The Balaban J connectivity index is 0.00000180. The van der Waals surface area contributed by atoms with E-state index in [1.54, 1.807) is 4.90 Å². The van der Waals surface area contributed by atoms with Gasteiger partial charge in [-0.1, -0.05) is 0 Å². The third-order valence-corrected chi connectivity index (χ3v) is 7.95. The fraction of sp³-hybridized carbons (Fsp3) is 0.850. The van der Waals surface area contributed by atoms with Gasteiger partial charge in [0.05, 0.1) is 12.6 Å². The van der Waals surface area contributed by atoms with E-state index in [0.29, 0.717) is 37.3 Å². The van der Waals surface area contributed by atoms with E-state index in [4.69, 9.17) is 0 Å². The number of hydrogen-bond donors (Lipinski definition) is 1. The van der Waals surface area contributed by atoms with E-state index in [9.17, 15) is 14.9 Å². The second-order valence-electron chi connectivity index (χ2n) is 9.35. The maximum Gasteiger partial charge on any atom is 0.237 e. The highest BCUT2D eigenvalue weighted by molar-refractivity contribution is 5.85. The number of likely N-dealkylation sites (tertiary alicyclic amines) is 2. The monoisotopic (exact) mass is 392 g/mol. The van der Waals surface area contributed by atoms with Gasteiger partial charge in [0.15, 0.2) is 0 Å². The van der Waals surface area contributed by atoms with E-state index in [2.05, 4.69) is 16.3 Å². The molecule has 0 radical (unpaired) electrons. The summed E-state index contributed by atoms with van der Waals surface area (Å²) in [5.74, 6) is 1.69. The smallest absolute Gasteiger partial charge is 0.237 e. The predicted molar refractivity (Wildman–Crippen MR) is 102 cm³/mol. The zero-order chi connectivity index (χ0) is 17.9. The molecule has 4 unspecified atom stereocenters. The van der Waals surface area contributed by atoms with E-state index >= 15 is 0 Å². The molecule has 4 bridgehead atoms. The van der Waals surface area contributed by atoms with Gasteiger partial charge in [-0.2, -0.15) is 5.26 Å². The number of nitriles is 1. The molecule has 4 saturated carbocycles. The Bertz CT molecular complexity index is 694. The van der Waals surface area contributed by atoms with Crippen LogP contribution in [0.3, 0.4) is 0 Å². The van der Waals surface area contributed by atoms with Gasteiger partial charge in [-0.05, 0) is 63.2 Å². The summed E-state index contributed by atoms with van der Waals surface area (Å²) in [5.41, 5.74) is 0.0849. The third-order valence-electron chi connectivity index (χ3n) is 7.95. The van der Waals surface area contributed by atoms with Crippen molar-refractivity contribution >= 4 is 24.2 Å². The number of halogens is 1. The van der Waals surface area contributed by atoms with Crippen molar-refractivity contribution in [1.29, 1.82) is 5.26 Å². The van der Waals surface area contributed by atoms with Gasteiger partial charge in [0.2, 0.25) is 11.8 Å². The summed E-state index contributed by atoms with van der Waals surface area (Å²) in [6, 6.07) is 2.02. The van der Waals surface area contributed by atoms with Crippen molar-refractivity contribution in [2.24, 2.45) is 11.8 Å². The molecule has 6 nitrogen and oxygen atoms in total. The average Bonchev–Trinajstić information content (AvgIpc) is 3.35. The number of nitrogens with zero attached hydrogens (tertiary/aromatic N) is 3. The molecular formula is C20H29ClN4O2. The van der Waals surface area contributed by atoms with Crippen LogP contribution in [0.5, 0.6) is 0 Å². The quantitative estimate of drug-likeness (QED) is 0.791. The average molecular weight is 393 g/mol. The van der Waals surface area contributed by atoms with Crippen molar-refractivity contribution in [1.82, 2.24) is 15.1 Å². The molecule has 2 saturated heterocycles. The number of nitrogens with one attached hydrogen (secondary N) is 1. The second-order valence-corrected chi connectivity index (χ2v) is 9.35. The highest BCUT2D eigenvalue weighted by Gasteiger charge is 2.66. The van der Waals surface area contributed by atoms with E-state index < -0.39 is 0 Å². The SMILES string of the molecule is Cl.N#C[C@@H]1CCCN1C(=O)CNC12CC3CC1CC(N1CCCC1=O)(C3)C2. The van der Waals surface area contributed by atoms with Crippen LogP contribution in [0.4, 0.5) is 0 Å². The van der Waals surface area contributed by atoms with Gasteiger partial charge in [0.25, 0.3) is 0 Å². The van der Waals surface area contributed by atoms with E-state index in [1.165, 1.54) is 6.42 Å². The molecule has 6 rings (SSSR count). The molecule has 27 heavy (non-hydrogen) atoms. The van der Waals surface area contributed by atoms with Crippen LogP contribution in [0.2, 0.25) is 0 Å². The molecule has 4 aliphatic carbocycles. The van der Waals surface area contributed by atoms with Crippen molar-refractivity contribution in [2.75, 3.05) is 19.6 Å². The minimum atomic E-state index is -0.244. The van der Waals surface area contributed by atoms with Crippen molar-refractivity contribution in [2.45, 2.75) is 74.9 Å². The lowest BCUT2D eigenvalue weighted by atomic mass is 9.73. The topological polar surface area (TPSA) is 76.4 Å². The molecule has 0 aromatic carbocycles. The van der Waals surface area contributed by atoms with Crippen molar-refractivity contribution in [3.63, 3.8) is 0 Å². The zero-order valence-electron chi connectivity index (χ0n) is 15.8. The van der Waals surface area contributed by atoms with Gasteiger partial charge in [-0.15, -0.1) is 12.4 Å². The molecule has 7 heteroatoms. The molecule has 0 aromatic rings. The van der Waals surface area contributed by atoms with Crippen molar-refractivity contribution < 1.29 is 9.59 Å². The molecule has 0 aromatic heterocycles. The molecule has 148 valence electrons. The molecule has 6 fully saturated rings. The summed E-state index contributed by atoms with van der Waals surface area (Å²) in [6.07, 6.45) is 9.13. The van der Waals surface area contributed by atoms with E-state index in [1.807, 2.05) is 0 Å². The van der Waals surface area contributed by atoms with Crippen LogP contribution < -0.4 is 5.32 Å². The maximum absolute atomic E-state index is 12.7. The van der Waals surface area contributed by atoms with Gasteiger partial charge in [-0.25, -0.2) is 0 Å². The van der Waals surface area contributed by atoms with Gasteiger partial charge < -0.3 is 15.1 Å². The Morgan fingerprint density at radius 1 is 1.26 bits per heavy atom. The first kappa shape index (κ1) is 19.0. The molecule has 0 spiro atoms. The molecule has 2 amide bonds. The second kappa shape index (κ2) is 6.63. The summed E-state index contributed by atoms with van der Waals surface area (Å²) < 4.78 is 0. The van der Waals surface area contributed by atoms with Gasteiger partial charge in [-0.3, -0.25) is 9.59 Å². The van der Waals surface area contributed by atoms with Gasteiger partial charge in [0, 0.05) is 30.6 Å². The minimum Gasteiger partial charge on any atom is -0.337 e. The molecular weight excluding hydrogens is 364 g/mol. The summed E-state index contributed by atoms with van der Waals surface area (Å²) >= 11 is 0. The standard InChI is InChI=1S/C20H28N4O2.ClH/c21-11-16-3-1-5-23(16)18(26)12-22-20-9-14-7-15(20)10-19(8-14,13-20)24-6-2-4-17(24)25;/h14-16,22H,1-10,12-13H2;1H/t14?,15?,16-,19?,20?;/m0./s1. The van der Waals surface area contributed by atoms with Crippen LogP contribution in [0.15, 0.2) is 0 Å². The highest BCUT2D eigenvalue weighted by Crippen LogP contribution is 2.64. The number of hydrogen-bond acceptors (Lipinski definition) is 4. The molecule has 2 aliphatic heterocycles. The van der Waals surface area contributed by atoms with Crippen molar-refractivity contribution in [3.8, 4) is 6.07 Å². The maximum atomic E-state index is 12.7. The Morgan fingerprint density at radius 2 is 2.11 bits per heavy atom. The van der Waals surface area contributed by atoms with Crippen LogP contribution in [0.1, 0.15) is 57.8 Å². The Morgan fingerprint density at radius 3 is 2.85 bits per heavy atom. The summed E-state index contributed by atoms with van der Waals surface area (Å²) in [5, 5.41) is 12.9. The number of carbonyl (C=O) groups is 2. The number of amides is 2. The first-order chi connectivity index (χ1) is 12.6. The Kier molecular flexibility index (Phi) is 4.67. The summed E-state index contributed by atoms with van der Waals surface area (Å²) in [4.78, 5) is 29.0. The minimum absolute atomic E-state index is 0.